The molecule has 0 aromatic heterocycles. The van der Waals surface area contributed by atoms with Crippen molar-refractivity contribution in [3.63, 3.8) is 0 Å². The molecule has 4 rings (SSSR count). The van der Waals surface area contributed by atoms with Crippen LogP contribution >= 0.6 is 7.37 Å². The Labute approximate surface area is 203 Å². The predicted octanol–water partition coefficient (Wildman–Crippen LogP) is 1.25. The predicted molar refractivity (Wildman–Crippen MR) is 115 cm³/mol. The topological polar surface area (TPSA) is 69.2 Å². The Morgan fingerprint density at radius 1 is 1.20 bits per heavy atom. The van der Waals surface area contributed by atoms with E-state index in [9.17, 15) is 14.3 Å². The molecule has 158 valence electrons. The maximum Gasteiger partial charge on any atom is 1.00 e. The molecule has 2 fully saturated rings. The van der Waals surface area contributed by atoms with Gasteiger partial charge in [-0.05, 0) is 93.1 Å². The first-order valence-corrected chi connectivity index (χ1v) is 13.5. The van der Waals surface area contributed by atoms with Gasteiger partial charge in [0.25, 0.3) is 0 Å². The van der Waals surface area contributed by atoms with E-state index in [2.05, 4.69) is 35.7 Å². The van der Waals surface area contributed by atoms with Gasteiger partial charge >= 0.3 is 29.6 Å². The second kappa shape index (κ2) is 10.5. The van der Waals surface area contributed by atoms with E-state index >= 15 is 0 Å². The molecule has 0 radical (unpaired) electrons. The minimum atomic E-state index is -3.14. The number of nitrogens with one attached hydrogen (secondary N) is 1. The van der Waals surface area contributed by atoms with Gasteiger partial charge < -0.3 is 14.8 Å². The molecule has 6 heteroatoms. The Morgan fingerprint density at radius 3 is 2.77 bits per heavy atom. The number of carbonyl (C=O) groups is 1. The van der Waals surface area contributed by atoms with E-state index in [1.54, 1.807) is 0 Å². The fourth-order valence-electron chi connectivity index (χ4n) is 5.94. The summed E-state index contributed by atoms with van der Waals surface area (Å²) in [5.41, 5.74) is 2.55. The minimum absolute atomic E-state index is 0. The fraction of sp³-hybridized carbons (Fsp3) is 0.625. The second-order valence-corrected chi connectivity index (χ2v) is 11.9. The maximum absolute atomic E-state index is 13.1. The number of amides is 1. The van der Waals surface area contributed by atoms with E-state index in [1.807, 2.05) is 6.07 Å². The normalized spacial score (nSPS) is 31.3. The number of hydrogen-bond donors (Lipinski definition) is 1. The third-order valence-corrected chi connectivity index (χ3v) is 8.49. The van der Waals surface area contributed by atoms with Crippen LogP contribution in [0, 0.1) is 17.8 Å². The number of unbranched alkanes of at least 4 members (excludes halogenated alkanes) is 1. The molecule has 2 saturated carbocycles. The second-order valence-electron chi connectivity index (χ2n) is 9.41. The Balaban J connectivity index is 0.00000256. The summed E-state index contributed by atoms with van der Waals surface area (Å²) in [6.07, 6.45) is 12.9. The van der Waals surface area contributed by atoms with E-state index in [4.69, 9.17) is 0 Å². The van der Waals surface area contributed by atoms with Gasteiger partial charge in [0.05, 0.1) is 5.92 Å². The minimum Gasteiger partial charge on any atom is -0.799 e. The van der Waals surface area contributed by atoms with Gasteiger partial charge in [-0.3, -0.25) is 4.79 Å². The van der Waals surface area contributed by atoms with Gasteiger partial charge in [0.2, 0.25) is 5.91 Å². The summed E-state index contributed by atoms with van der Waals surface area (Å²) >= 11 is 0. The first-order chi connectivity index (χ1) is 13.9. The zero-order valence-electron chi connectivity index (χ0n) is 18.4. The van der Waals surface area contributed by atoms with Gasteiger partial charge in [0, 0.05) is 13.4 Å². The van der Waals surface area contributed by atoms with E-state index in [0.717, 1.165) is 31.6 Å². The van der Waals surface area contributed by atoms with Crippen LogP contribution in [0.15, 0.2) is 36.4 Å². The smallest absolute Gasteiger partial charge is 0.799 e. The summed E-state index contributed by atoms with van der Waals surface area (Å²) in [6.45, 7) is 1.32. The zero-order valence-corrected chi connectivity index (χ0v) is 21.3. The molecule has 2 bridgehead atoms. The van der Waals surface area contributed by atoms with Crippen molar-refractivity contribution < 1.29 is 43.8 Å². The molecule has 0 saturated heterocycles. The molecule has 1 amide bonds. The number of fused-ring (bicyclic) bond motifs is 3. The Kier molecular flexibility index (Phi) is 8.49. The molecule has 1 aromatic carbocycles. The average Bonchev–Trinajstić information content (AvgIpc) is 3.38. The van der Waals surface area contributed by atoms with Crippen molar-refractivity contribution in [3.8, 4) is 0 Å². The summed E-state index contributed by atoms with van der Waals surface area (Å²) in [4.78, 5) is 24.4. The Hall–Kier alpha value is -0.380. The molecule has 30 heavy (non-hydrogen) atoms. The molecule has 0 spiro atoms. The molecule has 5 unspecified atom stereocenters. The first-order valence-electron chi connectivity index (χ1n) is 11.2. The molecule has 3 aliphatic carbocycles. The van der Waals surface area contributed by atoms with E-state index in [-0.39, 0.29) is 47.5 Å². The van der Waals surface area contributed by atoms with Crippen LogP contribution in [0.25, 0.3) is 0 Å². The Morgan fingerprint density at radius 2 is 1.97 bits per heavy atom. The standard InChI is InChI=1S/C24H34NO3P.Na/c1-29(27,28)15-7-3-2-4-10-21-18-11-12-19(16-18)23(21)25-24(26)22-14-13-17-8-5-6-9-20(17)22;/h2,4-6,8-9,18-19,21-23H,3,7,10-16H2,1H3,(H,25,26)(H,27,28);/q;+1/p-1/b4-2-;/t18?,19-,21?,22?,23?;/m1./s1. The summed E-state index contributed by atoms with van der Waals surface area (Å²) in [5.74, 6) is 2.12. The largest absolute Gasteiger partial charge is 1.00 e. The van der Waals surface area contributed by atoms with Crippen molar-refractivity contribution in [1.82, 2.24) is 5.32 Å². The molecule has 0 heterocycles. The van der Waals surface area contributed by atoms with Crippen LogP contribution in [0.2, 0.25) is 0 Å². The van der Waals surface area contributed by atoms with Crippen molar-refractivity contribution in [2.75, 3.05) is 12.8 Å². The molecule has 4 nitrogen and oxygen atoms in total. The van der Waals surface area contributed by atoms with Crippen LogP contribution in [-0.4, -0.2) is 24.8 Å². The van der Waals surface area contributed by atoms with Crippen LogP contribution in [0.3, 0.4) is 0 Å². The molecule has 1 aromatic rings. The van der Waals surface area contributed by atoms with Crippen LogP contribution < -0.4 is 39.8 Å². The van der Waals surface area contributed by atoms with Crippen LogP contribution in [0.4, 0.5) is 0 Å². The fourth-order valence-corrected chi connectivity index (χ4v) is 6.69. The van der Waals surface area contributed by atoms with E-state index in [1.165, 1.54) is 37.1 Å². The number of benzene rings is 1. The number of allylic oxidation sites excluding steroid dienone is 2. The van der Waals surface area contributed by atoms with Crippen LogP contribution in [0.1, 0.15) is 62.0 Å². The molecule has 0 aliphatic heterocycles. The van der Waals surface area contributed by atoms with Gasteiger partial charge in [-0.25, -0.2) is 0 Å². The molecular formula is C24H33NNaO3P. The summed E-state index contributed by atoms with van der Waals surface area (Å²) < 4.78 is 11.3. The summed E-state index contributed by atoms with van der Waals surface area (Å²) in [7, 11) is -3.14. The van der Waals surface area contributed by atoms with Crippen molar-refractivity contribution >= 4 is 13.3 Å². The van der Waals surface area contributed by atoms with Gasteiger partial charge in [0.1, 0.15) is 0 Å². The molecule has 1 N–H and O–H groups in total. The molecule has 3 aliphatic rings. The van der Waals surface area contributed by atoms with Crippen molar-refractivity contribution in [1.29, 1.82) is 0 Å². The number of carbonyl (C=O) groups excluding carboxylic acids is 1. The average molecular weight is 437 g/mol. The van der Waals surface area contributed by atoms with Gasteiger partial charge in [0.15, 0.2) is 0 Å². The van der Waals surface area contributed by atoms with Crippen LogP contribution in [-0.2, 0) is 15.8 Å². The summed E-state index contributed by atoms with van der Waals surface area (Å²) in [5, 5.41) is 3.46. The number of hydrogen-bond acceptors (Lipinski definition) is 3. The quantitative estimate of drug-likeness (QED) is 0.288. The first kappa shape index (κ1) is 24.3. The molecule has 6 atom stereocenters. The van der Waals surface area contributed by atoms with Gasteiger partial charge in [-0.1, -0.05) is 36.4 Å². The maximum atomic E-state index is 13.1. The SMILES string of the molecule is CP(=O)([O-])CCC/C=C\CC1C2CC[C@H](C2)C1NC(=O)C1CCc2ccccc21.[Na+]. The third kappa shape index (κ3) is 5.70. The van der Waals surface area contributed by atoms with Crippen molar-refractivity contribution in [2.45, 2.75) is 63.3 Å². The van der Waals surface area contributed by atoms with E-state index < -0.39 is 7.37 Å². The third-order valence-electron chi connectivity index (χ3n) is 7.36. The van der Waals surface area contributed by atoms with Crippen molar-refractivity contribution in [2.24, 2.45) is 17.8 Å². The van der Waals surface area contributed by atoms with Crippen molar-refractivity contribution in [3.05, 3.63) is 47.5 Å². The van der Waals surface area contributed by atoms with Gasteiger partial charge in [-0.2, -0.15) is 0 Å². The number of rotatable bonds is 8. The Bertz CT molecular complexity index is 820. The van der Waals surface area contributed by atoms with Crippen LogP contribution in [0.5, 0.6) is 0 Å². The van der Waals surface area contributed by atoms with E-state index in [0.29, 0.717) is 24.3 Å². The molecular weight excluding hydrogens is 404 g/mol. The zero-order chi connectivity index (χ0) is 20.4. The number of aryl methyl sites for hydroxylation is 1. The summed E-state index contributed by atoms with van der Waals surface area (Å²) in [6, 6.07) is 8.67. The monoisotopic (exact) mass is 437 g/mol. The van der Waals surface area contributed by atoms with Gasteiger partial charge in [-0.15, -0.1) is 0 Å².